The Morgan fingerprint density at radius 1 is 1.00 bits per heavy atom. The number of benzene rings is 2. The lowest BCUT2D eigenvalue weighted by Crippen LogP contribution is -2.17. The molecule has 0 fully saturated rings. The number of hydrogen-bond acceptors (Lipinski definition) is 3. The molecule has 0 radical (unpaired) electrons. The van der Waals surface area contributed by atoms with Crippen molar-refractivity contribution in [2.45, 2.75) is 6.36 Å². The number of anilines is 3. The molecule has 106 valence electrons. The van der Waals surface area contributed by atoms with Crippen LogP contribution in [0.5, 0.6) is 5.75 Å². The summed E-state index contributed by atoms with van der Waals surface area (Å²) in [6.07, 6.45) is -4.82. The van der Waals surface area contributed by atoms with Crippen LogP contribution in [-0.2, 0) is 0 Å². The van der Waals surface area contributed by atoms with Crippen LogP contribution >= 0.6 is 0 Å². The van der Waals surface area contributed by atoms with E-state index in [2.05, 4.69) is 10.1 Å². The topological polar surface area (TPSA) is 47.3 Å². The van der Waals surface area contributed by atoms with Gasteiger partial charge in [0.1, 0.15) is 5.82 Å². The Kier molecular flexibility index (Phi) is 3.69. The molecule has 0 aliphatic rings. The second-order valence-electron chi connectivity index (χ2n) is 3.91. The number of ether oxygens (including phenoxy) is 1. The summed E-state index contributed by atoms with van der Waals surface area (Å²) in [7, 11) is 0. The van der Waals surface area contributed by atoms with Crippen molar-refractivity contribution in [3.8, 4) is 5.75 Å². The number of halogens is 4. The second kappa shape index (κ2) is 5.28. The summed E-state index contributed by atoms with van der Waals surface area (Å²) in [5.74, 6) is -1.12. The molecule has 2 aromatic carbocycles. The van der Waals surface area contributed by atoms with Crippen LogP contribution in [-0.4, -0.2) is 6.36 Å². The number of nitrogens with one attached hydrogen (secondary N) is 1. The highest BCUT2D eigenvalue weighted by Crippen LogP contribution is 2.32. The normalized spacial score (nSPS) is 11.2. The minimum Gasteiger partial charge on any atom is -0.404 e. The molecule has 0 atom stereocenters. The number of rotatable bonds is 3. The SMILES string of the molecule is Nc1ccc(Nc2ccccc2OC(F)(F)F)c(F)c1. The lowest BCUT2D eigenvalue weighted by molar-refractivity contribution is -0.274. The van der Waals surface area contributed by atoms with Crippen molar-refractivity contribution < 1.29 is 22.3 Å². The van der Waals surface area contributed by atoms with Gasteiger partial charge in [-0.05, 0) is 30.3 Å². The molecule has 0 bridgehead atoms. The summed E-state index contributed by atoms with van der Waals surface area (Å²) < 4.78 is 54.2. The first-order valence-electron chi connectivity index (χ1n) is 5.52. The monoisotopic (exact) mass is 286 g/mol. The largest absolute Gasteiger partial charge is 0.573 e. The Bertz CT molecular complexity index is 614. The average Bonchev–Trinajstić information content (AvgIpc) is 2.33. The summed E-state index contributed by atoms with van der Waals surface area (Å²) in [5.41, 5.74) is 5.60. The molecule has 0 aliphatic heterocycles. The first-order chi connectivity index (χ1) is 9.35. The molecule has 20 heavy (non-hydrogen) atoms. The van der Waals surface area contributed by atoms with Crippen LogP contribution in [0.1, 0.15) is 0 Å². The van der Waals surface area contributed by atoms with Gasteiger partial charge < -0.3 is 15.8 Å². The van der Waals surface area contributed by atoms with Crippen LogP contribution in [0, 0.1) is 5.82 Å². The second-order valence-corrected chi connectivity index (χ2v) is 3.91. The van der Waals surface area contributed by atoms with E-state index in [9.17, 15) is 17.6 Å². The third-order valence-corrected chi connectivity index (χ3v) is 2.38. The van der Waals surface area contributed by atoms with Gasteiger partial charge in [-0.3, -0.25) is 0 Å². The highest BCUT2D eigenvalue weighted by atomic mass is 19.4. The molecule has 2 aromatic rings. The molecule has 7 heteroatoms. The fourth-order valence-electron chi connectivity index (χ4n) is 1.56. The van der Waals surface area contributed by atoms with Crippen LogP contribution in [0.25, 0.3) is 0 Å². The molecule has 0 spiro atoms. The molecule has 0 aromatic heterocycles. The van der Waals surface area contributed by atoms with E-state index in [1.54, 1.807) is 0 Å². The van der Waals surface area contributed by atoms with Gasteiger partial charge in [-0.2, -0.15) is 0 Å². The summed E-state index contributed by atoms with van der Waals surface area (Å²) >= 11 is 0. The molecular formula is C13H10F4N2O. The predicted molar refractivity (Wildman–Crippen MR) is 67.2 cm³/mol. The maximum atomic E-state index is 13.6. The maximum Gasteiger partial charge on any atom is 0.573 e. The third kappa shape index (κ3) is 3.53. The summed E-state index contributed by atoms with van der Waals surface area (Å²) in [6, 6.07) is 9.18. The van der Waals surface area contributed by atoms with Crippen LogP contribution in [0.15, 0.2) is 42.5 Å². The van der Waals surface area contributed by atoms with Crippen molar-refractivity contribution in [3.05, 3.63) is 48.3 Å². The van der Waals surface area contributed by atoms with E-state index >= 15 is 0 Å². The number of alkyl halides is 3. The summed E-state index contributed by atoms with van der Waals surface area (Å²) in [5, 5.41) is 2.54. The van der Waals surface area contributed by atoms with Gasteiger partial charge in [0.2, 0.25) is 0 Å². The lowest BCUT2D eigenvalue weighted by Gasteiger charge is -2.15. The average molecular weight is 286 g/mol. The first kappa shape index (κ1) is 14.0. The van der Waals surface area contributed by atoms with Gasteiger partial charge in [0.15, 0.2) is 5.75 Å². The molecule has 0 unspecified atom stereocenters. The molecular weight excluding hydrogens is 276 g/mol. The van der Waals surface area contributed by atoms with E-state index < -0.39 is 17.9 Å². The predicted octanol–water partition coefficient (Wildman–Crippen LogP) is 4.05. The molecule has 0 saturated carbocycles. The Morgan fingerprint density at radius 3 is 2.35 bits per heavy atom. The van der Waals surface area contributed by atoms with Crippen LogP contribution < -0.4 is 15.8 Å². The van der Waals surface area contributed by atoms with Gasteiger partial charge in [-0.1, -0.05) is 12.1 Å². The lowest BCUT2D eigenvalue weighted by atomic mass is 10.2. The Labute approximate surface area is 112 Å². The van der Waals surface area contributed by atoms with E-state index in [0.29, 0.717) is 0 Å². The molecule has 0 heterocycles. The van der Waals surface area contributed by atoms with Crippen LogP contribution in [0.4, 0.5) is 34.6 Å². The van der Waals surface area contributed by atoms with Crippen molar-refractivity contribution in [1.82, 2.24) is 0 Å². The minimum absolute atomic E-state index is 0.00238. The Balaban J connectivity index is 2.29. The van der Waals surface area contributed by atoms with E-state index in [1.165, 1.54) is 30.3 Å². The molecule has 2 rings (SSSR count). The summed E-state index contributed by atoms with van der Waals surface area (Å²) in [4.78, 5) is 0. The van der Waals surface area contributed by atoms with Crippen LogP contribution in [0.2, 0.25) is 0 Å². The number of nitrogens with two attached hydrogens (primary N) is 1. The molecule has 3 N–H and O–H groups in total. The van der Waals surface area contributed by atoms with Gasteiger partial charge in [0.05, 0.1) is 11.4 Å². The first-order valence-corrected chi connectivity index (χ1v) is 5.52. The van der Waals surface area contributed by atoms with Gasteiger partial charge in [-0.25, -0.2) is 4.39 Å². The Morgan fingerprint density at radius 2 is 1.70 bits per heavy atom. The van der Waals surface area contributed by atoms with E-state index in [0.717, 1.165) is 12.1 Å². The van der Waals surface area contributed by atoms with Crippen molar-refractivity contribution >= 4 is 17.1 Å². The molecule has 0 amide bonds. The van der Waals surface area contributed by atoms with Gasteiger partial charge >= 0.3 is 6.36 Å². The Hall–Kier alpha value is -2.44. The fourth-order valence-corrected chi connectivity index (χ4v) is 1.56. The van der Waals surface area contributed by atoms with Gasteiger partial charge in [-0.15, -0.1) is 13.2 Å². The third-order valence-electron chi connectivity index (χ3n) is 2.38. The highest BCUT2D eigenvalue weighted by molar-refractivity contribution is 5.67. The van der Waals surface area contributed by atoms with Crippen molar-refractivity contribution in [3.63, 3.8) is 0 Å². The highest BCUT2D eigenvalue weighted by Gasteiger charge is 2.32. The number of nitrogen functional groups attached to an aromatic ring is 1. The zero-order valence-corrected chi connectivity index (χ0v) is 10.0. The molecule has 0 saturated heterocycles. The number of hydrogen-bond donors (Lipinski definition) is 2. The zero-order chi connectivity index (χ0) is 14.8. The van der Waals surface area contributed by atoms with Gasteiger partial charge in [0.25, 0.3) is 0 Å². The van der Waals surface area contributed by atoms with E-state index in [4.69, 9.17) is 5.73 Å². The molecule has 3 nitrogen and oxygen atoms in total. The quantitative estimate of drug-likeness (QED) is 0.661. The minimum atomic E-state index is -4.82. The maximum absolute atomic E-state index is 13.6. The van der Waals surface area contributed by atoms with Gasteiger partial charge in [0, 0.05) is 5.69 Å². The smallest absolute Gasteiger partial charge is 0.404 e. The van der Waals surface area contributed by atoms with Crippen molar-refractivity contribution in [1.29, 1.82) is 0 Å². The van der Waals surface area contributed by atoms with E-state index in [1.807, 2.05) is 0 Å². The van der Waals surface area contributed by atoms with Crippen molar-refractivity contribution in [2.75, 3.05) is 11.1 Å². The van der Waals surface area contributed by atoms with Crippen LogP contribution in [0.3, 0.4) is 0 Å². The number of para-hydroxylation sites is 2. The van der Waals surface area contributed by atoms with Crippen molar-refractivity contribution in [2.24, 2.45) is 0 Å². The standard InChI is InChI=1S/C13H10F4N2O/c14-9-7-8(18)5-6-10(9)19-11-3-1-2-4-12(11)20-13(15,16)17/h1-7,19H,18H2. The zero-order valence-electron chi connectivity index (χ0n) is 10.0. The summed E-state index contributed by atoms with van der Waals surface area (Å²) in [6.45, 7) is 0. The molecule has 0 aliphatic carbocycles. The fraction of sp³-hybridized carbons (Fsp3) is 0.0769. The van der Waals surface area contributed by atoms with E-state index in [-0.39, 0.29) is 17.1 Å².